The third-order valence-electron chi connectivity index (χ3n) is 11.2. The van der Waals surface area contributed by atoms with Gasteiger partial charge in [-0.25, -0.2) is 4.21 Å². The van der Waals surface area contributed by atoms with Gasteiger partial charge in [0.2, 0.25) is 0 Å². The monoisotopic (exact) mass is 731 g/mol. The highest BCUT2D eigenvalue weighted by molar-refractivity contribution is 7.84. The number of amides is 1. The van der Waals surface area contributed by atoms with Crippen LogP contribution in [0.2, 0.25) is 5.02 Å². The number of carbonyl (C=O) groups excluding carboxylic acids is 1. The summed E-state index contributed by atoms with van der Waals surface area (Å²) in [5.74, 6) is 2.85. The fourth-order valence-corrected chi connectivity index (χ4v) is 9.37. The van der Waals surface area contributed by atoms with Gasteiger partial charge in [0, 0.05) is 56.3 Å². The highest BCUT2D eigenvalue weighted by Crippen LogP contribution is 2.45. The van der Waals surface area contributed by atoms with Gasteiger partial charge in [-0.1, -0.05) is 58.2 Å². The van der Waals surface area contributed by atoms with E-state index in [1.54, 1.807) is 0 Å². The third kappa shape index (κ3) is 10.2. The number of aliphatic hydroxyl groups excluding tert-OH is 1. The van der Waals surface area contributed by atoms with Gasteiger partial charge in [0.15, 0.2) is 0 Å². The van der Waals surface area contributed by atoms with Crippen molar-refractivity contribution in [1.82, 2.24) is 9.62 Å². The van der Waals surface area contributed by atoms with Gasteiger partial charge in [0.05, 0.1) is 30.8 Å². The Morgan fingerprint density at radius 3 is 2.46 bits per heavy atom. The molecule has 1 saturated heterocycles. The predicted octanol–water partition coefficient (Wildman–Crippen LogP) is 7.49. The van der Waals surface area contributed by atoms with E-state index < -0.39 is 11.0 Å². The highest BCUT2D eigenvalue weighted by Gasteiger charge is 2.40. The normalized spacial score (nSPS) is 28.9. The Bertz CT molecular complexity index is 1390. The molecule has 4 aliphatic rings. The number of carbonyl (C=O) groups is 1. The highest BCUT2D eigenvalue weighted by atomic mass is 35.5. The predicted molar refractivity (Wildman–Crippen MR) is 207 cm³/mol. The van der Waals surface area contributed by atoms with Crippen LogP contribution >= 0.6 is 11.6 Å². The van der Waals surface area contributed by atoms with Gasteiger partial charge in [-0.15, -0.1) is 0 Å². The van der Waals surface area contributed by atoms with Crippen LogP contribution in [0.5, 0.6) is 5.75 Å². The Balaban J connectivity index is 0.00000136. The number of ether oxygens (including phenoxy) is 2. The minimum Gasteiger partial charge on any atom is -0.491 e. The van der Waals surface area contributed by atoms with Crippen molar-refractivity contribution in [3.05, 3.63) is 58.1 Å². The molecule has 10 heteroatoms. The molecular formula is C40H62ClN3O5S. The SMILES string of the molecule is CC.CCCc1cc(Cl)ccc1C1COc2ccc3cc2N(C1)CC1CCC1C(CN1CCOCC1)CCCC(C)C(C)S(=O)NC3=O.CO. The Hall–Kier alpha value is -2.17. The fourth-order valence-electron chi connectivity index (χ4n) is 8.13. The number of nitrogens with one attached hydrogen (secondary N) is 1. The molecule has 3 heterocycles. The lowest BCUT2D eigenvalue weighted by Gasteiger charge is -2.46. The van der Waals surface area contributed by atoms with E-state index in [-0.39, 0.29) is 23.0 Å². The molecule has 2 aromatic rings. The Morgan fingerprint density at radius 2 is 1.76 bits per heavy atom. The molecule has 2 aromatic carbocycles. The first kappa shape index (κ1) is 40.6. The van der Waals surface area contributed by atoms with Crippen LogP contribution in [0.3, 0.4) is 0 Å². The van der Waals surface area contributed by atoms with Crippen molar-refractivity contribution in [3.8, 4) is 5.75 Å². The lowest BCUT2D eigenvalue weighted by atomic mass is 9.65. The van der Waals surface area contributed by atoms with E-state index in [4.69, 9.17) is 26.2 Å². The van der Waals surface area contributed by atoms with E-state index in [1.165, 1.54) is 30.4 Å². The van der Waals surface area contributed by atoms with E-state index in [0.29, 0.717) is 29.9 Å². The molecular weight excluding hydrogens is 670 g/mol. The molecule has 0 spiro atoms. The van der Waals surface area contributed by atoms with Crippen LogP contribution < -0.4 is 14.4 Å². The largest absolute Gasteiger partial charge is 0.491 e. The van der Waals surface area contributed by atoms with Crippen LogP contribution in [0.15, 0.2) is 36.4 Å². The van der Waals surface area contributed by atoms with Crippen LogP contribution in [0.25, 0.3) is 0 Å². The Labute approximate surface area is 309 Å². The molecule has 1 aliphatic carbocycles. The summed E-state index contributed by atoms with van der Waals surface area (Å²) < 4.78 is 28.4. The second kappa shape index (κ2) is 20.2. The van der Waals surface area contributed by atoms with E-state index >= 15 is 0 Å². The second-order valence-corrected chi connectivity index (χ2v) is 16.2. The van der Waals surface area contributed by atoms with Gasteiger partial charge in [-0.2, -0.15) is 0 Å². The lowest BCUT2D eigenvalue weighted by Crippen LogP contribution is -2.47. The molecule has 2 N–H and O–H groups in total. The number of halogens is 1. The zero-order valence-corrected chi connectivity index (χ0v) is 32.9. The van der Waals surface area contributed by atoms with Gasteiger partial charge in [-0.3, -0.25) is 14.4 Å². The molecule has 3 aliphatic heterocycles. The first-order chi connectivity index (χ1) is 24.3. The van der Waals surface area contributed by atoms with Crippen molar-refractivity contribution in [2.45, 2.75) is 90.7 Å². The van der Waals surface area contributed by atoms with Crippen molar-refractivity contribution in [1.29, 1.82) is 0 Å². The minimum absolute atomic E-state index is 0.121. The number of aryl methyl sites for hydroxylation is 1. The molecule has 280 valence electrons. The average molecular weight is 732 g/mol. The Morgan fingerprint density at radius 1 is 1.00 bits per heavy atom. The summed E-state index contributed by atoms with van der Waals surface area (Å²) in [6, 6.07) is 12.0. The number of nitrogens with zero attached hydrogens (tertiary/aromatic N) is 2. The molecule has 7 unspecified atom stereocenters. The maximum absolute atomic E-state index is 13.4. The summed E-state index contributed by atoms with van der Waals surface area (Å²) in [7, 11) is -0.463. The summed E-state index contributed by atoms with van der Waals surface area (Å²) in [6.07, 6.45) is 7.86. The summed E-state index contributed by atoms with van der Waals surface area (Å²) >= 11 is 6.46. The summed E-state index contributed by atoms with van der Waals surface area (Å²) in [5.41, 5.74) is 4.09. The van der Waals surface area contributed by atoms with Crippen molar-refractivity contribution in [2.75, 3.05) is 64.6 Å². The number of benzene rings is 2. The molecule has 2 bridgehead atoms. The summed E-state index contributed by atoms with van der Waals surface area (Å²) in [6.45, 7) is 17.5. The van der Waals surface area contributed by atoms with Crippen molar-refractivity contribution in [3.63, 3.8) is 0 Å². The standard InChI is InChI=1S/C37H52ClN3O4S.C2H6.CH4O/c1-4-6-27-19-32(38)11-13-33(27)31-23-41-22-30-9-12-34(30)29(21-40-15-17-44-18-16-40)8-5-7-25(2)26(3)46(43)39-37(42)28-10-14-36(45-24-31)35(41)20-28;2*1-2/h10-11,13-14,19-20,25-26,29-31,34H,4-9,12,15-18,21-24H2,1-3H3,(H,39,42);1-2H3;2H,1H3. The lowest BCUT2D eigenvalue weighted by molar-refractivity contribution is 0.00835. The smallest absolute Gasteiger partial charge is 0.263 e. The number of fused-ring (bicyclic) bond motifs is 2. The Kier molecular flexibility index (Phi) is 16.4. The van der Waals surface area contributed by atoms with Crippen molar-refractivity contribution >= 4 is 34.2 Å². The van der Waals surface area contributed by atoms with E-state index in [9.17, 15) is 9.00 Å². The van der Waals surface area contributed by atoms with Crippen LogP contribution in [0.4, 0.5) is 5.69 Å². The number of hydrogen-bond donors (Lipinski definition) is 2. The molecule has 0 aromatic heterocycles. The second-order valence-electron chi connectivity index (χ2n) is 14.2. The fraction of sp³-hybridized carbons (Fsp3) is 0.675. The van der Waals surface area contributed by atoms with Gasteiger partial charge in [-0.05, 0) is 104 Å². The number of morpholine rings is 1. The van der Waals surface area contributed by atoms with Gasteiger partial charge in [0.25, 0.3) is 5.91 Å². The van der Waals surface area contributed by atoms with Crippen LogP contribution in [0, 0.1) is 23.7 Å². The van der Waals surface area contributed by atoms with Crippen molar-refractivity contribution in [2.24, 2.45) is 23.7 Å². The zero-order chi connectivity index (χ0) is 36.2. The molecule has 2 fully saturated rings. The quantitative estimate of drug-likeness (QED) is 0.330. The third-order valence-corrected chi connectivity index (χ3v) is 13.0. The average Bonchev–Trinajstić information content (AvgIpc) is 3.30. The molecule has 0 radical (unpaired) electrons. The van der Waals surface area contributed by atoms with E-state index in [0.717, 1.165) is 95.2 Å². The maximum Gasteiger partial charge on any atom is 0.263 e. The molecule has 50 heavy (non-hydrogen) atoms. The number of hydrogen-bond acceptors (Lipinski definition) is 7. The first-order valence-electron chi connectivity index (χ1n) is 19.1. The zero-order valence-electron chi connectivity index (χ0n) is 31.3. The van der Waals surface area contributed by atoms with Crippen LogP contribution in [-0.2, 0) is 22.1 Å². The maximum atomic E-state index is 13.4. The molecule has 7 atom stereocenters. The summed E-state index contributed by atoms with van der Waals surface area (Å²) in [5, 5.41) is 7.65. The topological polar surface area (TPSA) is 91.3 Å². The van der Waals surface area contributed by atoms with E-state index in [2.05, 4.69) is 40.5 Å². The number of aliphatic hydroxyl groups is 1. The van der Waals surface area contributed by atoms with Gasteiger partial charge >= 0.3 is 0 Å². The van der Waals surface area contributed by atoms with E-state index in [1.807, 2.05) is 45.0 Å². The molecule has 1 saturated carbocycles. The molecule has 6 rings (SSSR count). The molecule has 8 nitrogen and oxygen atoms in total. The van der Waals surface area contributed by atoms with Gasteiger partial charge < -0.3 is 19.5 Å². The van der Waals surface area contributed by atoms with Crippen molar-refractivity contribution < 1.29 is 23.6 Å². The van der Waals surface area contributed by atoms with Gasteiger partial charge in [0.1, 0.15) is 16.7 Å². The first-order valence-corrected chi connectivity index (χ1v) is 20.7. The molecule has 1 amide bonds. The minimum atomic E-state index is -1.46. The summed E-state index contributed by atoms with van der Waals surface area (Å²) in [4.78, 5) is 18.6. The number of rotatable bonds is 5. The van der Waals surface area contributed by atoms with Crippen LogP contribution in [0.1, 0.15) is 101 Å². The number of anilines is 1. The van der Waals surface area contributed by atoms with Crippen LogP contribution in [-0.4, -0.2) is 85.0 Å².